The molecule has 2 heteroatoms. The van der Waals surface area contributed by atoms with Gasteiger partial charge in [0.05, 0.1) is 5.02 Å². The molecule has 0 aliphatic rings. The van der Waals surface area contributed by atoms with Gasteiger partial charge in [0.1, 0.15) is 0 Å². The van der Waals surface area contributed by atoms with Gasteiger partial charge in [0.25, 0.3) is 0 Å². The number of rotatable bonds is 0. The highest BCUT2D eigenvalue weighted by Crippen LogP contribution is 2.24. The SMILES string of the molecule is Cc1cccc2c(Cl)c[nH]c12. The second kappa shape index (κ2) is 2.28. The Morgan fingerprint density at radius 1 is 1.36 bits per heavy atom. The second-order valence-corrected chi connectivity index (χ2v) is 3.04. The molecule has 0 amide bonds. The van der Waals surface area contributed by atoms with Crippen LogP contribution in [-0.4, -0.2) is 4.98 Å². The molecule has 0 radical (unpaired) electrons. The zero-order chi connectivity index (χ0) is 7.84. The largest absolute Gasteiger partial charge is 0.360 e. The molecule has 1 heterocycles. The van der Waals surface area contributed by atoms with Crippen LogP contribution in [0.3, 0.4) is 0 Å². The summed E-state index contributed by atoms with van der Waals surface area (Å²) in [7, 11) is 0. The van der Waals surface area contributed by atoms with E-state index in [1.165, 1.54) is 5.56 Å². The van der Waals surface area contributed by atoms with Crippen molar-refractivity contribution in [2.45, 2.75) is 6.92 Å². The molecule has 1 N–H and O–H groups in total. The third kappa shape index (κ3) is 0.925. The van der Waals surface area contributed by atoms with Crippen molar-refractivity contribution in [3.63, 3.8) is 0 Å². The van der Waals surface area contributed by atoms with Crippen molar-refractivity contribution in [2.75, 3.05) is 0 Å². The first-order chi connectivity index (χ1) is 5.29. The number of aryl methyl sites for hydroxylation is 1. The van der Waals surface area contributed by atoms with E-state index in [1.54, 1.807) is 0 Å². The normalized spacial score (nSPS) is 10.7. The number of hydrogen-bond acceptors (Lipinski definition) is 0. The fourth-order valence-corrected chi connectivity index (χ4v) is 1.48. The third-order valence-electron chi connectivity index (χ3n) is 1.87. The smallest absolute Gasteiger partial charge is 0.0659 e. The molecule has 0 unspecified atom stereocenters. The maximum atomic E-state index is 5.91. The number of hydrogen-bond donors (Lipinski definition) is 1. The molecule has 0 spiro atoms. The summed E-state index contributed by atoms with van der Waals surface area (Å²) in [5, 5.41) is 1.90. The van der Waals surface area contributed by atoms with Crippen molar-refractivity contribution in [1.82, 2.24) is 4.98 Å². The molecule has 1 nitrogen and oxygen atoms in total. The zero-order valence-corrected chi connectivity index (χ0v) is 6.94. The minimum Gasteiger partial charge on any atom is -0.360 e. The van der Waals surface area contributed by atoms with E-state index in [2.05, 4.69) is 18.0 Å². The average molecular weight is 166 g/mol. The first-order valence-electron chi connectivity index (χ1n) is 3.51. The molecule has 2 aromatic rings. The van der Waals surface area contributed by atoms with Gasteiger partial charge >= 0.3 is 0 Å². The highest BCUT2D eigenvalue weighted by molar-refractivity contribution is 6.35. The summed E-state index contributed by atoms with van der Waals surface area (Å²) in [6.45, 7) is 2.06. The van der Waals surface area contributed by atoms with Crippen LogP contribution < -0.4 is 0 Å². The lowest BCUT2D eigenvalue weighted by molar-refractivity contribution is 1.42. The Bertz CT molecular complexity index is 389. The van der Waals surface area contributed by atoms with Gasteiger partial charge in [-0.1, -0.05) is 29.8 Å². The first-order valence-corrected chi connectivity index (χ1v) is 3.89. The van der Waals surface area contributed by atoms with E-state index in [1.807, 2.05) is 18.3 Å². The van der Waals surface area contributed by atoms with Crippen LogP contribution in [0.15, 0.2) is 24.4 Å². The van der Waals surface area contributed by atoms with E-state index < -0.39 is 0 Å². The topological polar surface area (TPSA) is 15.8 Å². The van der Waals surface area contributed by atoms with Crippen LogP contribution in [0.2, 0.25) is 5.02 Å². The van der Waals surface area contributed by atoms with Gasteiger partial charge in [0.15, 0.2) is 0 Å². The van der Waals surface area contributed by atoms with Crippen LogP contribution in [0, 0.1) is 6.92 Å². The van der Waals surface area contributed by atoms with Gasteiger partial charge in [-0.05, 0) is 12.5 Å². The first kappa shape index (κ1) is 6.74. The molecule has 11 heavy (non-hydrogen) atoms. The molecule has 2 rings (SSSR count). The molecule has 0 aliphatic heterocycles. The molecule has 56 valence electrons. The van der Waals surface area contributed by atoms with Crippen molar-refractivity contribution in [3.05, 3.63) is 35.0 Å². The maximum Gasteiger partial charge on any atom is 0.0659 e. The summed E-state index contributed by atoms with van der Waals surface area (Å²) in [4.78, 5) is 3.12. The standard InChI is InChI=1S/C9H8ClN/c1-6-3-2-4-7-8(10)5-11-9(6)7/h2-5,11H,1H3. The predicted molar refractivity (Wildman–Crippen MR) is 48.0 cm³/mol. The van der Waals surface area contributed by atoms with Gasteiger partial charge in [-0.15, -0.1) is 0 Å². The Hall–Kier alpha value is -0.950. The summed E-state index contributed by atoms with van der Waals surface area (Å²) in [6.07, 6.45) is 1.82. The van der Waals surface area contributed by atoms with E-state index >= 15 is 0 Å². The van der Waals surface area contributed by atoms with Crippen LogP contribution in [0.5, 0.6) is 0 Å². The summed E-state index contributed by atoms with van der Waals surface area (Å²) >= 11 is 5.91. The van der Waals surface area contributed by atoms with Gasteiger partial charge in [-0.2, -0.15) is 0 Å². The van der Waals surface area contributed by atoms with E-state index in [0.29, 0.717) is 0 Å². The van der Waals surface area contributed by atoms with E-state index in [9.17, 15) is 0 Å². The lowest BCUT2D eigenvalue weighted by Gasteiger charge is -1.93. The minimum absolute atomic E-state index is 0.795. The van der Waals surface area contributed by atoms with Crippen LogP contribution in [0.4, 0.5) is 0 Å². The Balaban J connectivity index is 2.94. The summed E-state index contributed by atoms with van der Waals surface area (Å²) in [5.74, 6) is 0. The van der Waals surface area contributed by atoms with Gasteiger partial charge in [0, 0.05) is 17.1 Å². The lowest BCUT2D eigenvalue weighted by Crippen LogP contribution is -1.73. The molecule has 1 aromatic carbocycles. The summed E-state index contributed by atoms with van der Waals surface area (Å²) in [6, 6.07) is 6.09. The number of benzene rings is 1. The predicted octanol–water partition coefficient (Wildman–Crippen LogP) is 3.13. The maximum absolute atomic E-state index is 5.91. The minimum atomic E-state index is 0.795. The second-order valence-electron chi connectivity index (χ2n) is 2.63. The van der Waals surface area contributed by atoms with Crippen molar-refractivity contribution in [1.29, 1.82) is 0 Å². The van der Waals surface area contributed by atoms with Crippen molar-refractivity contribution < 1.29 is 0 Å². The molecular weight excluding hydrogens is 158 g/mol. The molecular formula is C9H8ClN. The quantitative estimate of drug-likeness (QED) is 0.618. The average Bonchev–Trinajstić information content (AvgIpc) is 2.35. The number of nitrogens with one attached hydrogen (secondary N) is 1. The molecule has 0 fully saturated rings. The Labute approximate surface area is 70.0 Å². The third-order valence-corrected chi connectivity index (χ3v) is 2.19. The molecule has 0 bridgehead atoms. The van der Waals surface area contributed by atoms with Crippen molar-refractivity contribution in [2.24, 2.45) is 0 Å². The van der Waals surface area contributed by atoms with Crippen LogP contribution in [0.25, 0.3) is 10.9 Å². The van der Waals surface area contributed by atoms with Crippen LogP contribution >= 0.6 is 11.6 Å². The lowest BCUT2D eigenvalue weighted by atomic mass is 10.2. The molecule has 0 saturated carbocycles. The molecule has 1 aromatic heterocycles. The fourth-order valence-electron chi connectivity index (χ4n) is 1.27. The number of fused-ring (bicyclic) bond motifs is 1. The Morgan fingerprint density at radius 3 is 2.91 bits per heavy atom. The van der Waals surface area contributed by atoms with Gasteiger partial charge in [0.2, 0.25) is 0 Å². The number of aromatic nitrogens is 1. The molecule has 0 saturated heterocycles. The number of para-hydroxylation sites is 1. The fraction of sp³-hybridized carbons (Fsp3) is 0.111. The van der Waals surface area contributed by atoms with Gasteiger partial charge in [-0.3, -0.25) is 0 Å². The monoisotopic (exact) mass is 165 g/mol. The van der Waals surface area contributed by atoms with E-state index in [4.69, 9.17) is 11.6 Å². The van der Waals surface area contributed by atoms with Crippen molar-refractivity contribution in [3.8, 4) is 0 Å². The van der Waals surface area contributed by atoms with Gasteiger partial charge in [-0.25, -0.2) is 0 Å². The highest BCUT2D eigenvalue weighted by atomic mass is 35.5. The number of halogens is 1. The Morgan fingerprint density at radius 2 is 2.18 bits per heavy atom. The molecule has 0 atom stereocenters. The highest BCUT2D eigenvalue weighted by Gasteiger charge is 2.00. The van der Waals surface area contributed by atoms with Crippen LogP contribution in [0.1, 0.15) is 5.56 Å². The number of aromatic amines is 1. The Kier molecular flexibility index (Phi) is 1.40. The van der Waals surface area contributed by atoms with E-state index in [0.717, 1.165) is 15.9 Å². The zero-order valence-electron chi connectivity index (χ0n) is 6.19. The van der Waals surface area contributed by atoms with Crippen LogP contribution in [-0.2, 0) is 0 Å². The summed E-state index contributed by atoms with van der Waals surface area (Å²) < 4.78 is 0. The number of H-pyrrole nitrogens is 1. The van der Waals surface area contributed by atoms with Crippen molar-refractivity contribution >= 4 is 22.5 Å². The van der Waals surface area contributed by atoms with Gasteiger partial charge < -0.3 is 4.98 Å². The molecule has 0 aliphatic carbocycles. The van der Waals surface area contributed by atoms with E-state index in [-0.39, 0.29) is 0 Å². The summed E-state index contributed by atoms with van der Waals surface area (Å²) in [5.41, 5.74) is 2.37.